The molecule has 0 saturated heterocycles. The van der Waals surface area contributed by atoms with Crippen molar-refractivity contribution >= 4 is 32.9 Å². The van der Waals surface area contributed by atoms with E-state index in [-0.39, 0.29) is 15.6 Å². The number of rotatable bonds is 4. The first-order valence-corrected chi connectivity index (χ1v) is 7.49. The molecule has 6 nitrogen and oxygen atoms in total. The lowest BCUT2D eigenvalue weighted by Crippen LogP contribution is -2.21. The fourth-order valence-electron chi connectivity index (χ4n) is 1.61. The van der Waals surface area contributed by atoms with E-state index >= 15 is 0 Å². The van der Waals surface area contributed by atoms with E-state index in [1.165, 1.54) is 24.5 Å². The lowest BCUT2D eigenvalue weighted by Gasteiger charge is -2.10. The van der Waals surface area contributed by atoms with Crippen molar-refractivity contribution in [2.24, 2.45) is 5.73 Å². The number of aromatic nitrogens is 2. The zero-order valence-electron chi connectivity index (χ0n) is 10.6. The molecule has 0 aliphatic carbocycles. The first-order valence-electron chi connectivity index (χ1n) is 5.60. The summed E-state index contributed by atoms with van der Waals surface area (Å²) in [6, 6.07) is 6.09. The van der Waals surface area contributed by atoms with Gasteiger partial charge in [-0.15, -0.1) is 0 Å². The molecule has 0 atom stereocenters. The van der Waals surface area contributed by atoms with Gasteiger partial charge in [-0.25, -0.2) is 8.42 Å². The quantitative estimate of drug-likeness (QED) is 0.824. The second kappa shape index (κ2) is 5.51. The normalized spacial score (nSPS) is 11.1. The third-order valence-electron chi connectivity index (χ3n) is 2.44. The van der Waals surface area contributed by atoms with Gasteiger partial charge in [-0.05, 0) is 31.2 Å². The molecule has 3 N–H and O–H groups in total. The first-order chi connectivity index (χ1) is 9.40. The highest BCUT2D eigenvalue weighted by atomic mass is 32.2. The summed E-state index contributed by atoms with van der Waals surface area (Å²) in [5.74, 6) is 0. The van der Waals surface area contributed by atoms with E-state index in [0.29, 0.717) is 11.4 Å². The number of hydrogen-bond acceptors (Lipinski definition) is 5. The molecule has 20 heavy (non-hydrogen) atoms. The number of nitrogens with zero attached hydrogens (tertiary/aromatic N) is 2. The number of aryl methyl sites for hydroxylation is 1. The highest BCUT2D eigenvalue weighted by Gasteiger charge is 2.20. The van der Waals surface area contributed by atoms with E-state index in [9.17, 15) is 8.42 Å². The Morgan fingerprint density at radius 1 is 1.30 bits per heavy atom. The molecule has 0 bridgehead atoms. The zero-order chi connectivity index (χ0) is 14.8. The van der Waals surface area contributed by atoms with Crippen LogP contribution in [0.3, 0.4) is 0 Å². The van der Waals surface area contributed by atoms with E-state index in [2.05, 4.69) is 14.7 Å². The minimum absolute atomic E-state index is 0.0537. The van der Waals surface area contributed by atoms with Crippen molar-refractivity contribution in [3.63, 3.8) is 0 Å². The first kappa shape index (κ1) is 14.4. The topological polar surface area (TPSA) is 98.0 Å². The highest BCUT2D eigenvalue weighted by molar-refractivity contribution is 7.93. The molecule has 0 spiro atoms. The molecule has 2 heterocycles. The lowest BCUT2D eigenvalue weighted by molar-refractivity contribution is 0.600. The Kier molecular flexibility index (Phi) is 3.96. The van der Waals surface area contributed by atoms with E-state index in [4.69, 9.17) is 18.0 Å². The van der Waals surface area contributed by atoms with Crippen molar-refractivity contribution in [2.45, 2.75) is 11.8 Å². The molecule has 2 aromatic rings. The van der Waals surface area contributed by atoms with E-state index in [1.54, 1.807) is 19.1 Å². The van der Waals surface area contributed by atoms with Crippen molar-refractivity contribution in [1.82, 2.24) is 9.97 Å². The molecule has 0 aromatic carbocycles. The third-order valence-corrected chi connectivity index (χ3v) is 4.05. The second-order valence-corrected chi connectivity index (χ2v) is 6.10. The molecule has 0 fully saturated rings. The summed E-state index contributed by atoms with van der Waals surface area (Å²) >= 11 is 4.82. The van der Waals surface area contributed by atoms with Crippen LogP contribution in [0.4, 0.5) is 5.69 Å². The Morgan fingerprint density at radius 3 is 2.70 bits per heavy atom. The number of nitrogens with two attached hydrogens (primary N) is 1. The maximum absolute atomic E-state index is 12.4. The maximum Gasteiger partial charge on any atom is 0.264 e. The van der Waals surface area contributed by atoms with Gasteiger partial charge in [0.25, 0.3) is 10.0 Å². The largest absolute Gasteiger partial charge is 0.388 e. The molecule has 0 aliphatic rings. The molecule has 8 heteroatoms. The molecule has 104 valence electrons. The second-order valence-electron chi connectivity index (χ2n) is 4.01. The van der Waals surface area contributed by atoms with Crippen LogP contribution in [-0.2, 0) is 10.0 Å². The van der Waals surface area contributed by atoms with Crippen LogP contribution in [0.15, 0.2) is 41.6 Å². The molecular formula is C12H12N4O2S2. The molecular weight excluding hydrogens is 296 g/mol. The van der Waals surface area contributed by atoms with Gasteiger partial charge < -0.3 is 5.73 Å². The van der Waals surface area contributed by atoms with Crippen molar-refractivity contribution in [3.05, 3.63) is 48.0 Å². The van der Waals surface area contributed by atoms with E-state index in [0.717, 1.165) is 0 Å². The van der Waals surface area contributed by atoms with Gasteiger partial charge in [-0.3, -0.25) is 14.7 Å². The number of pyridine rings is 2. The fourth-order valence-corrected chi connectivity index (χ4v) is 3.06. The van der Waals surface area contributed by atoms with E-state index < -0.39 is 10.0 Å². The molecule has 0 amide bonds. The van der Waals surface area contributed by atoms with Crippen molar-refractivity contribution in [2.75, 3.05) is 4.72 Å². The van der Waals surface area contributed by atoms with Crippen LogP contribution < -0.4 is 10.5 Å². The van der Waals surface area contributed by atoms with Crippen molar-refractivity contribution in [3.8, 4) is 0 Å². The average molecular weight is 308 g/mol. The number of nitrogens with one attached hydrogen (secondary N) is 1. The van der Waals surface area contributed by atoms with Gasteiger partial charge in [-0.1, -0.05) is 12.2 Å². The number of hydrogen-bond donors (Lipinski definition) is 2. The van der Waals surface area contributed by atoms with Gasteiger partial charge in [0.2, 0.25) is 0 Å². The summed E-state index contributed by atoms with van der Waals surface area (Å²) < 4.78 is 27.2. The molecule has 0 unspecified atom stereocenters. The van der Waals surface area contributed by atoms with Crippen LogP contribution in [0.1, 0.15) is 11.4 Å². The third kappa shape index (κ3) is 3.09. The molecule has 2 aromatic heterocycles. The van der Waals surface area contributed by atoms with Crippen molar-refractivity contribution in [1.29, 1.82) is 0 Å². The summed E-state index contributed by atoms with van der Waals surface area (Å²) in [4.78, 5) is 7.78. The number of thiocarbonyl (C=S) groups is 1. The summed E-state index contributed by atoms with van der Waals surface area (Å²) in [5, 5.41) is 0. The van der Waals surface area contributed by atoms with Crippen LogP contribution >= 0.6 is 12.2 Å². The maximum atomic E-state index is 12.4. The Morgan fingerprint density at radius 2 is 2.05 bits per heavy atom. The summed E-state index contributed by atoms with van der Waals surface area (Å²) in [5.41, 5.74) is 6.68. The minimum Gasteiger partial charge on any atom is -0.388 e. The standard InChI is InChI=1S/C12H12N4O2S2/c1-8-7-9(4-6-14-8)16-20(17,18)10-3-2-5-15-11(10)12(13)19/h2-7H,1H3,(H2,13,19)(H,14,16). The summed E-state index contributed by atoms with van der Waals surface area (Å²) in [6.07, 6.45) is 2.95. The Hall–Kier alpha value is -2.06. The van der Waals surface area contributed by atoms with Crippen LogP contribution in [0.5, 0.6) is 0 Å². The van der Waals surface area contributed by atoms with Gasteiger partial charge in [0.15, 0.2) is 0 Å². The van der Waals surface area contributed by atoms with Crippen LogP contribution in [0.25, 0.3) is 0 Å². The average Bonchev–Trinajstić information content (AvgIpc) is 2.38. The highest BCUT2D eigenvalue weighted by Crippen LogP contribution is 2.18. The number of sulfonamides is 1. The zero-order valence-corrected chi connectivity index (χ0v) is 12.2. The fraction of sp³-hybridized carbons (Fsp3) is 0.0833. The van der Waals surface area contributed by atoms with Crippen molar-refractivity contribution < 1.29 is 8.42 Å². The molecule has 2 rings (SSSR count). The van der Waals surface area contributed by atoms with Gasteiger partial charge in [0, 0.05) is 18.1 Å². The predicted molar refractivity (Wildman–Crippen MR) is 79.9 cm³/mol. The molecule has 0 radical (unpaired) electrons. The molecule has 0 saturated carbocycles. The van der Waals surface area contributed by atoms with Crippen LogP contribution in [0, 0.1) is 6.92 Å². The van der Waals surface area contributed by atoms with Crippen LogP contribution in [0.2, 0.25) is 0 Å². The Labute approximate surface area is 122 Å². The summed E-state index contributed by atoms with van der Waals surface area (Å²) in [7, 11) is -3.81. The van der Waals surface area contributed by atoms with Gasteiger partial charge in [0.05, 0.1) is 5.69 Å². The Bertz CT molecular complexity index is 760. The molecule has 0 aliphatic heterocycles. The smallest absolute Gasteiger partial charge is 0.264 e. The number of anilines is 1. The van der Waals surface area contributed by atoms with Gasteiger partial charge in [-0.2, -0.15) is 0 Å². The summed E-state index contributed by atoms with van der Waals surface area (Å²) in [6.45, 7) is 1.77. The lowest BCUT2D eigenvalue weighted by atomic mass is 10.3. The van der Waals surface area contributed by atoms with Gasteiger partial charge in [0.1, 0.15) is 15.6 Å². The van der Waals surface area contributed by atoms with Gasteiger partial charge >= 0.3 is 0 Å². The SMILES string of the molecule is Cc1cc(NS(=O)(=O)c2cccnc2C(N)=S)ccn1. The minimum atomic E-state index is -3.81. The predicted octanol–water partition coefficient (Wildman–Crippen LogP) is 1.22. The van der Waals surface area contributed by atoms with E-state index in [1.807, 2.05) is 0 Å². The Balaban J connectivity index is 2.44. The monoisotopic (exact) mass is 308 g/mol. The van der Waals surface area contributed by atoms with Crippen LogP contribution in [-0.4, -0.2) is 23.4 Å².